The predicted molar refractivity (Wildman–Crippen MR) is 112 cm³/mol. The van der Waals surface area contributed by atoms with Gasteiger partial charge in [0.05, 0.1) is 0 Å². The van der Waals surface area contributed by atoms with Gasteiger partial charge in [0.1, 0.15) is 5.75 Å². The van der Waals surface area contributed by atoms with E-state index in [2.05, 4.69) is 16.0 Å². The second-order valence-corrected chi connectivity index (χ2v) is 7.56. The van der Waals surface area contributed by atoms with Crippen LogP contribution in [0.1, 0.15) is 39.2 Å². The van der Waals surface area contributed by atoms with Gasteiger partial charge in [-0.15, -0.1) is 24.8 Å². The zero-order valence-electron chi connectivity index (χ0n) is 16.0. The summed E-state index contributed by atoms with van der Waals surface area (Å²) >= 11 is 0. The first kappa shape index (κ1) is 25.0. The zero-order valence-corrected chi connectivity index (χ0v) is 17.6. The van der Waals surface area contributed by atoms with E-state index in [1.807, 2.05) is 45.0 Å². The molecule has 0 bridgehead atoms. The Morgan fingerprint density at radius 3 is 2.35 bits per heavy atom. The minimum absolute atomic E-state index is 0. The van der Waals surface area contributed by atoms with Crippen LogP contribution >= 0.6 is 24.8 Å². The van der Waals surface area contributed by atoms with Crippen molar-refractivity contribution in [3.05, 3.63) is 29.8 Å². The first-order chi connectivity index (χ1) is 11.4. The highest BCUT2D eigenvalue weighted by molar-refractivity contribution is 5.85. The fourth-order valence-electron chi connectivity index (χ4n) is 2.81. The number of ether oxygens (including phenoxy) is 1. The molecule has 150 valence electrons. The maximum absolute atomic E-state index is 11.7. The molecule has 1 aromatic carbocycles. The van der Waals surface area contributed by atoms with Crippen LogP contribution in [-0.2, 0) is 11.3 Å². The Morgan fingerprint density at radius 2 is 1.77 bits per heavy atom. The van der Waals surface area contributed by atoms with Crippen LogP contribution in [0.4, 0.5) is 0 Å². The predicted octanol–water partition coefficient (Wildman–Crippen LogP) is 2.91. The van der Waals surface area contributed by atoms with E-state index in [9.17, 15) is 4.79 Å². The Kier molecular flexibility index (Phi) is 11.9. The van der Waals surface area contributed by atoms with Gasteiger partial charge >= 0.3 is 0 Å². The molecule has 0 aliphatic carbocycles. The Balaban J connectivity index is 0.00000312. The molecule has 1 aliphatic heterocycles. The number of halogens is 2. The van der Waals surface area contributed by atoms with Crippen molar-refractivity contribution < 1.29 is 9.53 Å². The monoisotopic (exact) mass is 405 g/mol. The van der Waals surface area contributed by atoms with E-state index in [-0.39, 0.29) is 42.9 Å². The molecule has 1 aliphatic rings. The summed E-state index contributed by atoms with van der Waals surface area (Å²) in [6.45, 7) is 10.1. The molecule has 26 heavy (non-hydrogen) atoms. The molecule has 1 amide bonds. The van der Waals surface area contributed by atoms with Gasteiger partial charge in [-0.2, -0.15) is 0 Å². The van der Waals surface area contributed by atoms with Gasteiger partial charge in [0.15, 0.2) is 6.61 Å². The molecule has 7 heteroatoms. The molecule has 0 atom stereocenters. The van der Waals surface area contributed by atoms with Crippen molar-refractivity contribution in [3.8, 4) is 5.75 Å². The number of hydrogen-bond donors (Lipinski definition) is 3. The molecule has 0 radical (unpaired) electrons. The van der Waals surface area contributed by atoms with Crippen LogP contribution in [0.3, 0.4) is 0 Å². The van der Waals surface area contributed by atoms with Crippen LogP contribution in [-0.4, -0.2) is 37.7 Å². The molecular formula is C19H33Cl2N3O2. The van der Waals surface area contributed by atoms with Gasteiger partial charge in [-0.25, -0.2) is 0 Å². The van der Waals surface area contributed by atoms with Crippen molar-refractivity contribution >= 4 is 30.7 Å². The maximum atomic E-state index is 11.7. The Hall–Kier alpha value is -1.01. The molecule has 1 fully saturated rings. The highest BCUT2D eigenvalue weighted by Gasteiger charge is 2.14. The Morgan fingerprint density at radius 1 is 1.15 bits per heavy atom. The summed E-state index contributed by atoms with van der Waals surface area (Å²) < 4.78 is 5.53. The Labute approximate surface area is 169 Å². The number of amides is 1. The van der Waals surface area contributed by atoms with Crippen molar-refractivity contribution in [3.63, 3.8) is 0 Å². The zero-order chi connectivity index (χ0) is 17.4. The van der Waals surface area contributed by atoms with Gasteiger partial charge in [-0.3, -0.25) is 4.79 Å². The van der Waals surface area contributed by atoms with E-state index < -0.39 is 0 Å². The number of benzene rings is 1. The molecule has 1 heterocycles. The van der Waals surface area contributed by atoms with Gasteiger partial charge in [-0.1, -0.05) is 12.1 Å². The first-order valence-electron chi connectivity index (χ1n) is 8.86. The van der Waals surface area contributed by atoms with Crippen LogP contribution < -0.4 is 20.7 Å². The van der Waals surface area contributed by atoms with Crippen LogP contribution in [0.2, 0.25) is 0 Å². The third-order valence-corrected chi connectivity index (χ3v) is 4.03. The lowest BCUT2D eigenvalue weighted by atomic mass is 9.98. The van der Waals surface area contributed by atoms with Crippen molar-refractivity contribution in [2.75, 3.05) is 26.2 Å². The van der Waals surface area contributed by atoms with Crippen molar-refractivity contribution in [2.24, 2.45) is 5.92 Å². The average molecular weight is 406 g/mol. The second kappa shape index (κ2) is 12.4. The van der Waals surface area contributed by atoms with Gasteiger partial charge in [-0.05, 0) is 76.9 Å². The normalized spacial score (nSPS) is 14.7. The summed E-state index contributed by atoms with van der Waals surface area (Å²) in [6.07, 6.45) is 2.52. The molecule has 3 N–H and O–H groups in total. The smallest absolute Gasteiger partial charge is 0.258 e. The van der Waals surface area contributed by atoms with Crippen LogP contribution in [0.25, 0.3) is 0 Å². The van der Waals surface area contributed by atoms with E-state index in [4.69, 9.17) is 4.74 Å². The SMILES string of the molecule is CC(C)(C)NC(=O)COc1ccc(CNCC2CCNCC2)cc1.Cl.Cl. The minimum Gasteiger partial charge on any atom is -0.484 e. The number of hydrogen-bond acceptors (Lipinski definition) is 4. The van der Waals surface area contributed by atoms with E-state index in [1.165, 1.54) is 18.4 Å². The van der Waals surface area contributed by atoms with E-state index in [0.717, 1.165) is 37.8 Å². The van der Waals surface area contributed by atoms with E-state index in [0.29, 0.717) is 0 Å². The third kappa shape index (κ3) is 10.2. The maximum Gasteiger partial charge on any atom is 0.258 e. The summed E-state index contributed by atoms with van der Waals surface area (Å²) in [4.78, 5) is 11.7. The average Bonchev–Trinajstić information content (AvgIpc) is 2.53. The Bertz CT molecular complexity index is 513. The van der Waals surface area contributed by atoms with Crippen molar-refractivity contribution in [1.29, 1.82) is 0 Å². The summed E-state index contributed by atoms with van der Waals surface area (Å²) in [5.74, 6) is 1.41. The van der Waals surface area contributed by atoms with Gasteiger partial charge in [0.2, 0.25) is 0 Å². The molecule has 1 aromatic rings. The fourth-order valence-corrected chi connectivity index (χ4v) is 2.81. The lowest BCUT2D eigenvalue weighted by molar-refractivity contribution is -0.124. The number of piperidine rings is 1. The van der Waals surface area contributed by atoms with Crippen LogP contribution in [0, 0.1) is 5.92 Å². The summed E-state index contributed by atoms with van der Waals surface area (Å²) in [5.41, 5.74) is 1.00. The van der Waals surface area contributed by atoms with Gasteiger partial charge in [0.25, 0.3) is 5.91 Å². The van der Waals surface area contributed by atoms with E-state index >= 15 is 0 Å². The number of carbonyl (C=O) groups excluding carboxylic acids is 1. The molecule has 0 spiro atoms. The molecule has 0 aromatic heterocycles. The van der Waals surface area contributed by atoms with Crippen molar-refractivity contribution in [2.45, 2.75) is 45.7 Å². The lowest BCUT2D eigenvalue weighted by Crippen LogP contribution is -2.43. The highest BCUT2D eigenvalue weighted by atomic mass is 35.5. The number of carbonyl (C=O) groups is 1. The third-order valence-electron chi connectivity index (χ3n) is 4.03. The molecule has 5 nitrogen and oxygen atoms in total. The van der Waals surface area contributed by atoms with Crippen molar-refractivity contribution in [1.82, 2.24) is 16.0 Å². The largest absolute Gasteiger partial charge is 0.484 e. The topological polar surface area (TPSA) is 62.4 Å². The van der Waals surface area contributed by atoms with Gasteiger partial charge < -0.3 is 20.7 Å². The van der Waals surface area contributed by atoms with Gasteiger partial charge in [0, 0.05) is 12.1 Å². The molecular weight excluding hydrogens is 373 g/mol. The van der Waals surface area contributed by atoms with E-state index in [1.54, 1.807) is 0 Å². The molecule has 2 rings (SSSR count). The minimum atomic E-state index is -0.232. The fraction of sp³-hybridized carbons (Fsp3) is 0.632. The standard InChI is InChI=1S/C19H31N3O2.2ClH/c1-19(2,3)22-18(23)14-24-17-6-4-15(5-7-17)12-21-13-16-8-10-20-11-9-16;;/h4-7,16,20-21H,8-14H2,1-3H3,(H,22,23);2*1H. The molecule has 0 unspecified atom stereocenters. The summed E-state index contributed by atoms with van der Waals surface area (Å²) in [6, 6.07) is 7.94. The lowest BCUT2D eigenvalue weighted by Gasteiger charge is -2.22. The quantitative estimate of drug-likeness (QED) is 0.652. The molecule has 0 saturated carbocycles. The number of rotatable bonds is 7. The first-order valence-corrected chi connectivity index (χ1v) is 8.86. The summed E-state index contributed by atoms with van der Waals surface area (Å²) in [5, 5.41) is 9.81. The van der Waals surface area contributed by atoms with Crippen LogP contribution in [0.15, 0.2) is 24.3 Å². The summed E-state index contributed by atoms with van der Waals surface area (Å²) in [7, 11) is 0. The molecule has 1 saturated heterocycles. The second-order valence-electron chi connectivity index (χ2n) is 7.56. The highest BCUT2D eigenvalue weighted by Crippen LogP contribution is 2.13. The number of nitrogens with one attached hydrogen (secondary N) is 3. The van der Waals surface area contributed by atoms with Crippen LogP contribution in [0.5, 0.6) is 5.75 Å².